The minimum Gasteiger partial charge on any atom is -0.545 e. The van der Waals surface area contributed by atoms with Crippen molar-refractivity contribution in [3.63, 3.8) is 0 Å². The summed E-state index contributed by atoms with van der Waals surface area (Å²) in [5, 5.41) is 10.7. The number of benzene rings is 1. The molecule has 1 unspecified atom stereocenters. The summed E-state index contributed by atoms with van der Waals surface area (Å²) in [6.07, 6.45) is 0. The molecule has 1 aliphatic rings. The highest BCUT2D eigenvalue weighted by atomic mass is 32.2. The van der Waals surface area contributed by atoms with Crippen molar-refractivity contribution in [2.24, 2.45) is 0 Å². The van der Waals surface area contributed by atoms with Crippen LogP contribution in [0.5, 0.6) is 5.75 Å². The van der Waals surface area contributed by atoms with Crippen molar-refractivity contribution < 1.29 is 18.5 Å². The second-order valence-corrected chi connectivity index (χ2v) is 4.31. The van der Waals surface area contributed by atoms with Crippen molar-refractivity contribution in [2.45, 2.75) is 4.90 Å². The lowest BCUT2D eigenvalue weighted by atomic mass is 10.2. The average Bonchev–Trinajstić information content (AvgIpc) is 2.17. The fraction of sp³-hybridized carbons (Fsp3) is 0.222. The first-order valence-corrected chi connectivity index (χ1v) is 5.34. The topological polar surface area (TPSA) is 49.4 Å². The molecule has 1 aromatic rings. The lowest BCUT2D eigenvalue weighted by Crippen LogP contribution is -2.26. The molecule has 0 radical (unpaired) electrons. The minimum atomic E-state index is -1.41. The molecule has 0 spiro atoms. The van der Waals surface area contributed by atoms with Crippen molar-refractivity contribution >= 4 is 17.3 Å². The third kappa shape index (κ3) is 1.43. The van der Waals surface area contributed by atoms with Gasteiger partial charge < -0.3 is 14.6 Å². The molecule has 1 atom stereocenters. The zero-order valence-electron chi connectivity index (χ0n) is 7.16. The Morgan fingerprint density at radius 2 is 2.36 bits per heavy atom. The Bertz CT molecular complexity index is 380. The predicted octanol–water partition coefficient (Wildman–Crippen LogP) is 0.304. The Kier molecular flexibility index (Phi) is 2.33. The van der Waals surface area contributed by atoms with E-state index in [1.165, 1.54) is 12.1 Å². The van der Waals surface area contributed by atoms with E-state index in [4.69, 9.17) is 4.74 Å². The molecule has 2 rings (SSSR count). The molecular formula is C9H7FO3S. The van der Waals surface area contributed by atoms with E-state index in [9.17, 15) is 13.8 Å². The van der Waals surface area contributed by atoms with E-state index in [1.54, 1.807) is 6.07 Å². The first kappa shape index (κ1) is 9.33. The van der Waals surface area contributed by atoms with Crippen LogP contribution in [0.15, 0.2) is 23.1 Å². The summed E-state index contributed by atoms with van der Waals surface area (Å²) in [4.78, 5) is 11.0. The molecule has 0 amide bonds. The molecule has 0 saturated heterocycles. The maximum absolute atomic E-state index is 13.4. The van der Waals surface area contributed by atoms with Gasteiger partial charge in [-0.05, 0) is 6.07 Å². The van der Waals surface area contributed by atoms with Gasteiger partial charge in [-0.1, -0.05) is 6.07 Å². The molecule has 3 nitrogen and oxygen atoms in total. The number of carbonyl (C=O) groups excluding carboxylic acids is 1. The fourth-order valence-electron chi connectivity index (χ4n) is 1.33. The van der Waals surface area contributed by atoms with Crippen molar-refractivity contribution in [2.75, 3.05) is 12.4 Å². The maximum atomic E-state index is 13.4. The summed E-state index contributed by atoms with van der Waals surface area (Å²) in [6.45, 7) is 0.219. The van der Waals surface area contributed by atoms with Crippen molar-refractivity contribution in [1.82, 2.24) is 0 Å². The van der Waals surface area contributed by atoms with Gasteiger partial charge in [-0.25, -0.2) is 0 Å². The zero-order chi connectivity index (χ0) is 10.1. The van der Waals surface area contributed by atoms with E-state index in [0.717, 1.165) is 0 Å². The maximum Gasteiger partial charge on any atom is 0.250 e. The molecule has 0 fully saturated rings. The highest BCUT2D eigenvalue weighted by Gasteiger charge is 2.34. The van der Waals surface area contributed by atoms with Crippen molar-refractivity contribution in [3.8, 4) is 5.75 Å². The monoisotopic (exact) mass is 214 g/mol. The highest BCUT2D eigenvalue weighted by molar-refractivity contribution is 7.92. The lowest BCUT2D eigenvalue weighted by molar-refractivity contribution is -0.255. The van der Waals surface area contributed by atoms with E-state index in [0.29, 0.717) is 10.6 Å². The van der Waals surface area contributed by atoms with Crippen LogP contribution in [0.2, 0.25) is 0 Å². The number of carbonyl (C=O) groups is 1. The summed E-state index contributed by atoms with van der Waals surface area (Å²) < 4.78 is 18.5. The Morgan fingerprint density at radius 3 is 3.07 bits per heavy atom. The van der Waals surface area contributed by atoms with Gasteiger partial charge in [0, 0.05) is 15.5 Å². The second-order valence-electron chi connectivity index (χ2n) is 2.80. The molecule has 0 N–H and O–H groups in total. The van der Waals surface area contributed by atoms with Gasteiger partial charge >= 0.3 is 0 Å². The van der Waals surface area contributed by atoms with Gasteiger partial charge in [0.05, 0.1) is 5.97 Å². The Morgan fingerprint density at radius 1 is 1.57 bits per heavy atom. The van der Waals surface area contributed by atoms with E-state index in [1.807, 2.05) is 0 Å². The number of hydrogen-bond acceptors (Lipinski definition) is 3. The van der Waals surface area contributed by atoms with Crippen LogP contribution in [0, 0.1) is 0 Å². The number of fused-ring (bicyclic) bond motifs is 1. The number of para-hydroxylation sites is 1. The quantitative estimate of drug-likeness (QED) is 0.632. The van der Waals surface area contributed by atoms with Gasteiger partial charge in [0.2, 0.25) is 4.90 Å². The van der Waals surface area contributed by atoms with Gasteiger partial charge in [0.15, 0.2) is 11.5 Å². The summed E-state index contributed by atoms with van der Waals surface area (Å²) in [5.74, 6) is -0.908. The van der Waals surface area contributed by atoms with E-state index < -0.39 is 17.3 Å². The molecule has 5 heteroatoms. The number of carboxylic acids is 1. The van der Waals surface area contributed by atoms with Crippen LogP contribution in [-0.2, 0) is 11.3 Å². The summed E-state index contributed by atoms with van der Waals surface area (Å²) in [5.41, 5.74) is -0.0719. The van der Waals surface area contributed by atoms with Crippen LogP contribution in [0.25, 0.3) is 0 Å². The van der Waals surface area contributed by atoms with Crippen LogP contribution < -0.4 is 9.84 Å². The number of halogens is 1. The number of hydrogen-bond donors (Lipinski definition) is 0. The van der Waals surface area contributed by atoms with Crippen molar-refractivity contribution in [1.29, 1.82) is 0 Å². The van der Waals surface area contributed by atoms with Crippen LogP contribution in [0.3, 0.4) is 0 Å². The van der Waals surface area contributed by atoms with Gasteiger partial charge in [-0.15, -0.1) is 0 Å². The van der Waals surface area contributed by atoms with Crippen LogP contribution in [0.1, 0.15) is 10.4 Å². The Balaban J connectivity index is 2.55. The van der Waals surface area contributed by atoms with E-state index in [-0.39, 0.29) is 17.9 Å². The standard InChI is InChI=1S/C9H7FO3S/c10-14-5-4-13-8-6(9(11)12)2-1-3-7(8)14/h1-3H,4-5H2. The first-order chi connectivity index (χ1) is 6.70. The number of aromatic carboxylic acids is 1. The summed E-state index contributed by atoms with van der Waals surface area (Å²) in [6, 6.07) is 4.40. The molecule has 1 aromatic carbocycles. The fourth-order valence-corrected chi connectivity index (χ4v) is 2.37. The Labute approximate surface area is 83.1 Å². The molecule has 0 saturated carbocycles. The van der Waals surface area contributed by atoms with Crippen LogP contribution >= 0.6 is 0 Å². The smallest absolute Gasteiger partial charge is 0.250 e. The lowest BCUT2D eigenvalue weighted by Gasteiger charge is -2.15. The van der Waals surface area contributed by atoms with E-state index in [2.05, 4.69) is 0 Å². The SMILES string of the molecule is O=C([O-])c1cccc2c1OCC[S+]2F. The van der Waals surface area contributed by atoms with Gasteiger partial charge in [-0.2, -0.15) is 0 Å². The van der Waals surface area contributed by atoms with Crippen LogP contribution in [0.4, 0.5) is 3.89 Å². The third-order valence-corrected chi connectivity index (χ3v) is 3.27. The van der Waals surface area contributed by atoms with E-state index >= 15 is 0 Å². The molecular weight excluding hydrogens is 207 g/mol. The second kappa shape index (κ2) is 3.49. The zero-order valence-corrected chi connectivity index (χ0v) is 7.97. The Hall–Kier alpha value is -1.23. The molecule has 0 aromatic heterocycles. The molecule has 74 valence electrons. The highest BCUT2D eigenvalue weighted by Crippen LogP contribution is 2.33. The minimum absolute atomic E-state index is 0.0719. The van der Waals surface area contributed by atoms with Gasteiger partial charge in [0.25, 0.3) is 11.3 Å². The molecule has 0 aliphatic carbocycles. The normalized spacial score (nSPS) is 19.6. The van der Waals surface area contributed by atoms with Gasteiger partial charge in [0.1, 0.15) is 6.61 Å². The predicted molar refractivity (Wildman–Crippen MR) is 47.9 cm³/mol. The molecule has 14 heavy (non-hydrogen) atoms. The number of rotatable bonds is 1. The summed E-state index contributed by atoms with van der Waals surface area (Å²) >= 11 is -1.41. The van der Waals surface area contributed by atoms with Crippen molar-refractivity contribution in [3.05, 3.63) is 23.8 Å². The van der Waals surface area contributed by atoms with Gasteiger partial charge in [-0.3, -0.25) is 0 Å². The summed E-state index contributed by atoms with van der Waals surface area (Å²) in [7, 11) is 0. The molecule has 1 heterocycles. The first-order valence-electron chi connectivity index (χ1n) is 4.04. The third-order valence-electron chi connectivity index (χ3n) is 1.95. The molecule has 0 bridgehead atoms. The number of ether oxygens (including phenoxy) is 1. The average molecular weight is 214 g/mol. The largest absolute Gasteiger partial charge is 0.545 e. The number of carboxylic acid groups (broad SMARTS) is 1. The molecule has 1 aliphatic heterocycles. The van der Waals surface area contributed by atoms with Crippen LogP contribution in [-0.4, -0.2) is 18.3 Å².